The molecule has 0 radical (unpaired) electrons. The molecule has 1 heterocycles. The Labute approximate surface area is 129 Å². The third-order valence-corrected chi connectivity index (χ3v) is 5.31. The predicted octanol–water partition coefficient (Wildman–Crippen LogP) is 2.26. The van der Waals surface area contributed by atoms with Crippen LogP contribution in [0.1, 0.15) is 58.8 Å². The van der Waals surface area contributed by atoms with Crippen molar-refractivity contribution in [1.29, 1.82) is 0 Å². The summed E-state index contributed by atoms with van der Waals surface area (Å²) >= 11 is 0. The van der Waals surface area contributed by atoms with Crippen LogP contribution in [0.4, 0.5) is 0 Å². The van der Waals surface area contributed by atoms with Crippen molar-refractivity contribution < 1.29 is 9.90 Å². The van der Waals surface area contributed by atoms with Crippen LogP contribution in [0.3, 0.4) is 0 Å². The Morgan fingerprint density at radius 2 is 1.90 bits per heavy atom. The first-order valence-corrected chi connectivity index (χ1v) is 8.79. The van der Waals surface area contributed by atoms with Gasteiger partial charge in [-0.1, -0.05) is 33.1 Å². The first-order valence-electron chi connectivity index (χ1n) is 8.79. The lowest BCUT2D eigenvalue weighted by Crippen LogP contribution is -2.40. The van der Waals surface area contributed by atoms with E-state index < -0.39 is 5.60 Å². The average molecular weight is 296 g/mol. The summed E-state index contributed by atoms with van der Waals surface area (Å²) in [6.45, 7) is 9.41. The fraction of sp³-hybridized carbons (Fsp3) is 0.941. The van der Waals surface area contributed by atoms with Crippen molar-refractivity contribution in [2.75, 3.05) is 32.7 Å². The van der Waals surface area contributed by atoms with Crippen LogP contribution in [0.15, 0.2) is 0 Å². The number of amides is 1. The zero-order valence-corrected chi connectivity index (χ0v) is 13.8. The quantitative estimate of drug-likeness (QED) is 0.817. The van der Waals surface area contributed by atoms with Crippen molar-refractivity contribution in [3.8, 4) is 0 Å². The average Bonchev–Trinajstić information content (AvgIpc) is 2.93. The first kappa shape index (κ1) is 16.8. The summed E-state index contributed by atoms with van der Waals surface area (Å²) < 4.78 is 0. The Morgan fingerprint density at radius 3 is 2.52 bits per heavy atom. The van der Waals surface area contributed by atoms with Gasteiger partial charge in [0.1, 0.15) is 0 Å². The fourth-order valence-electron chi connectivity index (χ4n) is 3.84. The van der Waals surface area contributed by atoms with Gasteiger partial charge in [-0.3, -0.25) is 4.79 Å². The van der Waals surface area contributed by atoms with Gasteiger partial charge >= 0.3 is 0 Å². The number of carbonyl (C=O) groups is 1. The molecule has 1 aliphatic heterocycles. The smallest absolute Gasteiger partial charge is 0.225 e. The predicted molar refractivity (Wildman–Crippen MR) is 85.1 cm³/mol. The van der Waals surface area contributed by atoms with E-state index in [1.165, 1.54) is 6.42 Å². The zero-order chi connectivity index (χ0) is 15.3. The second kappa shape index (κ2) is 7.59. The Kier molecular flexibility index (Phi) is 6.06. The molecule has 1 unspecified atom stereocenters. The highest BCUT2D eigenvalue weighted by Gasteiger charge is 2.35. The second-order valence-corrected chi connectivity index (χ2v) is 6.94. The molecule has 21 heavy (non-hydrogen) atoms. The van der Waals surface area contributed by atoms with E-state index in [2.05, 4.69) is 18.7 Å². The van der Waals surface area contributed by atoms with E-state index in [4.69, 9.17) is 0 Å². The number of likely N-dealkylation sites (tertiary alicyclic amines) is 1. The molecule has 1 saturated carbocycles. The van der Waals surface area contributed by atoms with Crippen molar-refractivity contribution in [2.45, 2.75) is 64.4 Å². The molecule has 0 aromatic carbocycles. The van der Waals surface area contributed by atoms with E-state index in [-0.39, 0.29) is 5.91 Å². The second-order valence-electron chi connectivity index (χ2n) is 6.94. The van der Waals surface area contributed by atoms with Crippen LogP contribution in [0.25, 0.3) is 0 Å². The highest BCUT2D eigenvalue weighted by atomic mass is 16.3. The maximum atomic E-state index is 12.4. The van der Waals surface area contributed by atoms with E-state index >= 15 is 0 Å². The topological polar surface area (TPSA) is 43.8 Å². The monoisotopic (exact) mass is 296 g/mol. The summed E-state index contributed by atoms with van der Waals surface area (Å²) in [5.41, 5.74) is -0.716. The van der Waals surface area contributed by atoms with Gasteiger partial charge in [0.25, 0.3) is 0 Å². The van der Waals surface area contributed by atoms with Crippen molar-refractivity contribution in [2.24, 2.45) is 5.92 Å². The number of carbonyl (C=O) groups excluding carboxylic acids is 1. The Balaban J connectivity index is 1.79. The minimum absolute atomic E-state index is 0.168. The van der Waals surface area contributed by atoms with Gasteiger partial charge in [-0.2, -0.15) is 0 Å². The van der Waals surface area contributed by atoms with E-state index in [9.17, 15) is 9.90 Å². The lowest BCUT2D eigenvalue weighted by molar-refractivity contribution is -0.136. The van der Waals surface area contributed by atoms with Crippen molar-refractivity contribution in [3.05, 3.63) is 0 Å². The molecule has 1 amide bonds. The maximum absolute atomic E-state index is 12.4. The maximum Gasteiger partial charge on any atom is 0.225 e. The third-order valence-electron chi connectivity index (χ3n) is 5.31. The number of hydrogen-bond acceptors (Lipinski definition) is 3. The molecule has 122 valence electrons. The zero-order valence-electron chi connectivity index (χ0n) is 13.8. The van der Waals surface area contributed by atoms with Crippen molar-refractivity contribution in [1.82, 2.24) is 9.80 Å². The summed E-state index contributed by atoms with van der Waals surface area (Å²) in [6.07, 6.45) is 6.38. The Morgan fingerprint density at radius 1 is 1.24 bits per heavy atom. The molecule has 2 aliphatic rings. The summed E-state index contributed by atoms with van der Waals surface area (Å²) in [5.74, 6) is 0.774. The Hall–Kier alpha value is -0.610. The normalized spacial score (nSPS) is 25.5. The molecular formula is C17H32N2O2. The molecule has 1 aliphatic carbocycles. The number of rotatable bonds is 6. The molecule has 0 bridgehead atoms. The van der Waals surface area contributed by atoms with Crippen LogP contribution in [-0.4, -0.2) is 59.1 Å². The Bertz CT molecular complexity index is 336. The SMILES string of the molecule is CCN(CC)CC1CCN(C(=O)CC2(O)CCCCC2)C1. The number of nitrogens with zero attached hydrogens (tertiary/aromatic N) is 2. The number of hydrogen-bond donors (Lipinski definition) is 1. The number of aliphatic hydroxyl groups is 1. The summed E-state index contributed by atoms with van der Waals surface area (Å²) in [6, 6.07) is 0. The lowest BCUT2D eigenvalue weighted by atomic mass is 9.82. The molecule has 1 saturated heterocycles. The molecule has 4 heteroatoms. The van der Waals surface area contributed by atoms with E-state index in [1.54, 1.807) is 0 Å². The summed E-state index contributed by atoms with van der Waals surface area (Å²) in [4.78, 5) is 16.9. The van der Waals surface area contributed by atoms with Crippen molar-refractivity contribution in [3.63, 3.8) is 0 Å². The van der Waals surface area contributed by atoms with Gasteiger partial charge in [0, 0.05) is 19.6 Å². The summed E-state index contributed by atoms with van der Waals surface area (Å²) in [5, 5.41) is 10.5. The highest BCUT2D eigenvalue weighted by Crippen LogP contribution is 2.32. The highest BCUT2D eigenvalue weighted by molar-refractivity contribution is 5.77. The molecule has 0 aromatic heterocycles. The van der Waals surface area contributed by atoms with E-state index in [1.807, 2.05) is 4.90 Å². The third kappa shape index (κ3) is 4.68. The van der Waals surface area contributed by atoms with E-state index in [0.29, 0.717) is 12.3 Å². The molecule has 1 atom stereocenters. The van der Waals surface area contributed by atoms with Crippen LogP contribution < -0.4 is 0 Å². The van der Waals surface area contributed by atoms with Crippen LogP contribution in [0.2, 0.25) is 0 Å². The van der Waals surface area contributed by atoms with Gasteiger partial charge in [0.05, 0.1) is 12.0 Å². The lowest BCUT2D eigenvalue weighted by Gasteiger charge is -2.33. The molecule has 2 fully saturated rings. The van der Waals surface area contributed by atoms with Crippen LogP contribution in [0.5, 0.6) is 0 Å². The molecule has 4 nitrogen and oxygen atoms in total. The van der Waals surface area contributed by atoms with Crippen LogP contribution in [0, 0.1) is 5.92 Å². The van der Waals surface area contributed by atoms with Crippen LogP contribution in [-0.2, 0) is 4.79 Å². The standard InChI is InChI=1S/C17H32N2O2/c1-3-18(4-2)13-15-8-11-19(14-15)16(20)12-17(21)9-6-5-7-10-17/h15,21H,3-14H2,1-2H3. The molecular weight excluding hydrogens is 264 g/mol. The molecule has 0 aromatic rings. The molecule has 0 spiro atoms. The van der Waals surface area contributed by atoms with Gasteiger partial charge in [0.2, 0.25) is 5.91 Å². The van der Waals surface area contributed by atoms with Gasteiger partial charge in [0.15, 0.2) is 0 Å². The first-order chi connectivity index (χ1) is 10.1. The largest absolute Gasteiger partial charge is 0.389 e. The molecule has 2 rings (SSSR count). The fourth-order valence-corrected chi connectivity index (χ4v) is 3.84. The minimum Gasteiger partial charge on any atom is -0.389 e. The van der Waals surface area contributed by atoms with Crippen molar-refractivity contribution >= 4 is 5.91 Å². The molecule has 1 N–H and O–H groups in total. The minimum atomic E-state index is -0.716. The van der Waals surface area contributed by atoms with Gasteiger partial charge in [-0.25, -0.2) is 0 Å². The van der Waals surface area contributed by atoms with Gasteiger partial charge < -0.3 is 14.9 Å². The summed E-state index contributed by atoms with van der Waals surface area (Å²) in [7, 11) is 0. The van der Waals surface area contributed by atoms with Gasteiger partial charge in [-0.15, -0.1) is 0 Å². The van der Waals surface area contributed by atoms with E-state index in [0.717, 1.165) is 64.8 Å². The van der Waals surface area contributed by atoms with Crippen LogP contribution >= 0.6 is 0 Å². The van der Waals surface area contributed by atoms with Gasteiger partial charge in [-0.05, 0) is 38.3 Å².